The summed E-state index contributed by atoms with van der Waals surface area (Å²) >= 11 is 0. The smallest absolute Gasteiger partial charge is 0.256 e. The lowest BCUT2D eigenvalue weighted by atomic mass is 10.0. The van der Waals surface area contributed by atoms with Crippen molar-refractivity contribution in [3.63, 3.8) is 0 Å². The molecule has 1 atom stereocenters. The minimum atomic E-state index is -0.103. The number of nitrogens with zero attached hydrogens (tertiary/aromatic N) is 3. The third-order valence-corrected chi connectivity index (χ3v) is 5.54. The number of nitrogens with one attached hydrogen (secondary N) is 1. The summed E-state index contributed by atoms with van der Waals surface area (Å²) in [6.07, 6.45) is 0. The van der Waals surface area contributed by atoms with Crippen molar-refractivity contribution in [2.75, 3.05) is 39.8 Å². The van der Waals surface area contributed by atoms with Gasteiger partial charge in [-0.15, -0.1) is 0 Å². The topological polar surface area (TPSA) is 61.6 Å². The van der Waals surface area contributed by atoms with Crippen LogP contribution >= 0.6 is 0 Å². The largest absolute Gasteiger partial charge is 0.360 e. The third kappa shape index (κ3) is 4.62. The number of amides is 1. The molecule has 1 amide bonds. The Balaban J connectivity index is 1.77. The SMILES string of the molecule is Cc1ccc(C(CNC(=O)c2c(C)noc2C(C)C)N2CCN(C)CC2)cc1. The van der Waals surface area contributed by atoms with Crippen LogP contribution in [0.3, 0.4) is 0 Å². The molecule has 0 bridgehead atoms. The Kier molecular flexibility index (Phi) is 6.52. The molecule has 2 heterocycles. The van der Waals surface area contributed by atoms with Crippen LogP contribution in [0.1, 0.15) is 58.7 Å². The molecule has 1 N–H and O–H groups in total. The fourth-order valence-electron chi connectivity index (χ4n) is 3.72. The van der Waals surface area contributed by atoms with E-state index in [2.05, 4.69) is 58.5 Å². The lowest BCUT2D eigenvalue weighted by Crippen LogP contribution is -2.48. The Morgan fingerprint density at radius 3 is 2.39 bits per heavy atom. The van der Waals surface area contributed by atoms with Gasteiger partial charge in [0.25, 0.3) is 5.91 Å². The first kappa shape index (κ1) is 20.6. The molecule has 1 unspecified atom stereocenters. The van der Waals surface area contributed by atoms with Crippen LogP contribution in [-0.4, -0.2) is 60.6 Å². The van der Waals surface area contributed by atoms with Crippen LogP contribution in [0.5, 0.6) is 0 Å². The zero-order chi connectivity index (χ0) is 20.3. The van der Waals surface area contributed by atoms with Crippen molar-refractivity contribution in [1.82, 2.24) is 20.3 Å². The first-order valence-corrected chi connectivity index (χ1v) is 10.1. The molecule has 1 aromatic carbocycles. The molecule has 1 fully saturated rings. The van der Waals surface area contributed by atoms with Gasteiger partial charge in [-0.2, -0.15) is 0 Å². The molecule has 0 spiro atoms. The molecule has 1 aromatic heterocycles. The predicted molar refractivity (Wildman–Crippen MR) is 111 cm³/mol. The number of piperazine rings is 1. The van der Waals surface area contributed by atoms with Gasteiger partial charge in [0.1, 0.15) is 5.56 Å². The van der Waals surface area contributed by atoms with E-state index < -0.39 is 0 Å². The molecule has 28 heavy (non-hydrogen) atoms. The van der Waals surface area contributed by atoms with E-state index in [9.17, 15) is 4.79 Å². The van der Waals surface area contributed by atoms with Gasteiger partial charge in [0.2, 0.25) is 0 Å². The highest BCUT2D eigenvalue weighted by Gasteiger charge is 2.27. The summed E-state index contributed by atoms with van der Waals surface area (Å²) < 4.78 is 5.38. The number of benzene rings is 1. The van der Waals surface area contributed by atoms with E-state index >= 15 is 0 Å². The fourth-order valence-corrected chi connectivity index (χ4v) is 3.72. The van der Waals surface area contributed by atoms with Crippen molar-refractivity contribution in [3.8, 4) is 0 Å². The maximum Gasteiger partial charge on any atom is 0.256 e. The summed E-state index contributed by atoms with van der Waals surface area (Å²) in [6.45, 7) is 12.6. The van der Waals surface area contributed by atoms with Crippen LogP contribution in [0.15, 0.2) is 28.8 Å². The number of aromatic nitrogens is 1. The van der Waals surface area contributed by atoms with Crippen molar-refractivity contribution >= 4 is 5.91 Å². The number of likely N-dealkylation sites (N-methyl/N-ethyl adjacent to an activating group) is 1. The zero-order valence-electron chi connectivity index (χ0n) is 17.7. The van der Waals surface area contributed by atoms with E-state index in [4.69, 9.17) is 4.52 Å². The van der Waals surface area contributed by atoms with Crippen LogP contribution in [0.2, 0.25) is 0 Å². The van der Waals surface area contributed by atoms with Gasteiger partial charge in [0, 0.05) is 38.6 Å². The quantitative estimate of drug-likeness (QED) is 0.829. The van der Waals surface area contributed by atoms with E-state index in [0.717, 1.165) is 26.2 Å². The van der Waals surface area contributed by atoms with Crippen LogP contribution in [0.4, 0.5) is 0 Å². The third-order valence-electron chi connectivity index (χ3n) is 5.54. The van der Waals surface area contributed by atoms with Crippen molar-refractivity contribution < 1.29 is 9.32 Å². The molecular formula is C22H32N4O2. The molecule has 152 valence electrons. The highest BCUT2D eigenvalue weighted by atomic mass is 16.5. The lowest BCUT2D eigenvalue weighted by molar-refractivity contribution is 0.0883. The van der Waals surface area contributed by atoms with E-state index in [0.29, 0.717) is 23.6 Å². The van der Waals surface area contributed by atoms with Gasteiger partial charge in [0.15, 0.2) is 5.76 Å². The molecule has 1 aliphatic heterocycles. The van der Waals surface area contributed by atoms with Gasteiger partial charge in [-0.3, -0.25) is 9.69 Å². The standard InChI is InChI=1S/C22H32N4O2/c1-15(2)21-20(17(4)24-28-21)22(27)23-14-19(18-8-6-16(3)7-9-18)26-12-10-25(5)11-13-26/h6-9,15,19H,10-14H2,1-5H3,(H,23,27). The number of hydrogen-bond acceptors (Lipinski definition) is 5. The normalized spacial score (nSPS) is 17.1. The van der Waals surface area contributed by atoms with Gasteiger partial charge in [-0.25, -0.2) is 0 Å². The molecule has 2 aromatic rings. The maximum absolute atomic E-state index is 12.9. The molecule has 6 heteroatoms. The molecule has 0 aliphatic carbocycles. The molecule has 0 saturated carbocycles. The van der Waals surface area contributed by atoms with Crippen molar-refractivity contribution in [1.29, 1.82) is 0 Å². The first-order valence-electron chi connectivity index (χ1n) is 10.1. The van der Waals surface area contributed by atoms with Gasteiger partial charge in [-0.05, 0) is 26.5 Å². The molecule has 6 nitrogen and oxygen atoms in total. The number of aryl methyl sites for hydroxylation is 2. The number of carbonyl (C=O) groups is 1. The second-order valence-corrected chi connectivity index (χ2v) is 8.14. The molecule has 1 aliphatic rings. The van der Waals surface area contributed by atoms with Crippen molar-refractivity contribution in [3.05, 3.63) is 52.4 Å². The lowest BCUT2D eigenvalue weighted by Gasteiger charge is -2.38. The van der Waals surface area contributed by atoms with Crippen molar-refractivity contribution in [2.24, 2.45) is 0 Å². The van der Waals surface area contributed by atoms with E-state index in [1.165, 1.54) is 11.1 Å². The van der Waals surface area contributed by atoms with Gasteiger partial charge < -0.3 is 14.7 Å². The Hall–Kier alpha value is -2.18. The summed E-state index contributed by atoms with van der Waals surface area (Å²) in [5.74, 6) is 0.669. The zero-order valence-corrected chi connectivity index (χ0v) is 17.7. The van der Waals surface area contributed by atoms with E-state index in [1.807, 2.05) is 20.8 Å². The molecule has 1 saturated heterocycles. The van der Waals surface area contributed by atoms with E-state index in [-0.39, 0.29) is 17.9 Å². The predicted octanol–water partition coefficient (Wildman–Crippen LogP) is 3.13. The maximum atomic E-state index is 12.9. The van der Waals surface area contributed by atoms with Crippen LogP contribution < -0.4 is 5.32 Å². The minimum Gasteiger partial charge on any atom is -0.360 e. The average Bonchev–Trinajstić information content (AvgIpc) is 3.06. The van der Waals surface area contributed by atoms with Gasteiger partial charge >= 0.3 is 0 Å². The monoisotopic (exact) mass is 384 g/mol. The fraction of sp³-hybridized carbons (Fsp3) is 0.545. The molecular weight excluding hydrogens is 352 g/mol. The van der Waals surface area contributed by atoms with Crippen LogP contribution in [0, 0.1) is 13.8 Å². The number of carbonyl (C=O) groups excluding carboxylic acids is 1. The Morgan fingerprint density at radius 2 is 1.79 bits per heavy atom. The second kappa shape index (κ2) is 8.88. The highest BCUT2D eigenvalue weighted by molar-refractivity contribution is 5.96. The summed E-state index contributed by atoms with van der Waals surface area (Å²) in [6, 6.07) is 8.78. The summed E-state index contributed by atoms with van der Waals surface area (Å²) in [7, 11) is 2.15. The summed E-state index contributed by atoms with van der Waals surface area (Å²) in [4.78, 5) is 17.7. The Morgan fingerprint density at radius 1 is 1.14 bits per heavy atom. The van der Waals surface area contributed by atoms with E-state index in [1.54, 1.807) is 0 Å². The number of hydrogen-bond donors (Lipinski definition) is 1. The van der Waals surface area contributed by atoms with Crippen LogP contribution in [0.25, 0.3) is 0 Å². The second-order valence-electron chi connectivity index (χ2n) is 8.14. The Labute approximate surface area is 167 Å². The highest BCUT2D eigenvalue weighted by Crippen LogP contribution is 2.24. The minimum absolute atomic E-state index is 0.103. The summed E-state index contributed by atoms with van der Waals surface area (Å²) in [5, 5.41) is 7.15. The average molecular weight is 385 g/mol. The molecule has 0 radical (unpaired) electrons. The van der Waals surface area contributed by atoms with Crippen LogP contribution in [-0.2, 0) is 0 Å². The van der Waals surface area contributed by atoms with Crippen molar-refractivity contribution in [2.45, 2.75) is 39.7 Å². The first-order chi connectivity index (χ1) is 13.4. The van der Waals surface area contributed by atoms with Gasteiger partial charge in [0.05, 0.1) is 11.7 Å². The molecule has 3 rings (SSSR count). The summed E-state index contributed by atoms with van der Waals surface area (Å²) in [5.41, 5.74) is 3.71. The van der Waals surface area contributed by atoms with Gasteiger partial charge in [-0.1, -0.05) is 48.8 Å². The number of rotatable bonds is 6. The Bertz CT molecular complexity index is 789.